The predicted octanol–water partition coefficient (Wildman–Crippen LogP) is 4.58. The van der Waals surface area contributed by atoms with E-state index in [2.05, 4.69) is 37.5 Å². The lowest BCUT2D eigenvalue weighted by Crippen LogP contribution is -2.31. The Hall–Kier alpha value is -3.61. The summed E-state index contributed by atoms with van der Waals surface area (Å²) in [6.45, 7) is 2.69. The van der Waals surface area contributed by atoms with Gasteiger partial charge >= 0.3 is 6.09 Å². The summed E-state index contributed by atoms with van der Waals surface area (Å²) in [5.41, 5.74) is 3.00. The molecule has 1 N–H and O–H groups in total. The van der Waals surface area contributed by atoms with Gasteiger partial charge in [-0.05, 0) is 59.3 Å². The maximum absolute atomic E-state index is 11.9. The van der Waals surface area contributed by atoms with Crippen LogP contribution in [0.25, 0.3) is 11.2 Å². The topological polar surface area (TPSA) is 112 Å². The van der Waals surface area contributed by atoms with Crippen LogP contribution in [0.2, 0.25) is 0 Å². The molecule has 35 heavy (non-hydrogen) atoms. The number of halogens is 1. The summed E-state index contributed by atoms with van der Waals surface area (Å²) < 4.78 is 19.3. The zero-order valence-corrected chi connectivity index (χ0v) is 21.6. The van der Waals surface area contributed by atoms with Gasteiger partial charge in [-0.25, -0.2) is 24.6 Å². The number of fused-ring (bicyclic) bond motifs is 1. The number of benzene rings is 1. The van der Waals surface area contributed by atoms with Crippen LogP contribution < -0.4 is 19.1 Å². The zero-order chi connectivity index (χ0) is 24.9. The van der Waals surface area contributed by atoms with Gasteiger partial charge in [0.05, 0.1) is 20.8 Å². The summed E-state index contributed by atoms with van der Waals surface area (Å²) in [7, 11) is 3.14. The summed E-state index contributed by atoms with van der Waals surface area (Å²) in [6, 6.07) is 11.1. The molecule has 0 saturated heterocycles. The maximum Gasteiger partial charge on any atom is 0.414 e. The number of rotatable bonds is 9. The van der Waals surface area contributed by atoms with Crippen molar-refractivity contribution >= 4 is 45.8 Å². The molecule has 0 spiro atoms. The quantitative estimate of drug-likeness (QED) is 0.283. The second-order valence-corrected chi connectivity index (χ2v) is 8.75. The highest BCUT2D eigenvalue weighted by atomic mass is 127. The first kappa shape index (κ1) is 24.5. The van der Waals surface area contributed by atoms with Gasteiger partial charge in [0, 0.05) is 34.1 Å². The molecule has 0 saturated carbocycles. The van der Waals surface area contributed by atoms with E-state index >= 15 is 0 Å². The van der Waals surface area contributed by atoms with E-state index in [1.54, 1.807) is 44.2 Å². The van der Waals surface area contributed by atoms with Gasteiger partial charge in [0.25, 0.3) is 0 Å². The number of carboxylic acid groups (broad SMARTS) is 1. The van der Waals surface area contributed by atoms with E-state index in [0.29, 0.717) is 47.6 Å². The van der Waals surface area contributed by atoms with Crippen LogP contribution in [0.4, 0.5) is 10.7 Å². The van der Waals surface area contributed by atoms with Crippen LogP contribution in [0.3, 0.4) is 0 Å². The van der Waals surface area contributed by atoms with Crippen molar-refractivity contribution in [2.45, 2.75) is 20.1 Å². The van der Waals surface area contributed by atoms with Crippen molar-refractivity contribution in [2.24, 2.45) is 0 Å². The highest BCUT2D eigenvalue weighted by Crippen LogP contribution is 2.31. The fourth-order valence-electron chi connectivity index (χ4n) is 3.58. The first-order valence-electron chi connectivity index (χ1n) is 10.7. The fraction of sp³-hybridized carbons (Fsp3) is 0.250. The largest absolute Gasteiger partial charge is 0.493 e. The van der Waals surface area contributed by atoms with Gasteiger partial charge in [0.2, 0.25) is 11.8 Å². The molecular weight excluding hydrogens is 565 g/mol. The molecule has 0 aliphatic heterocycles. The van der Waals surface area contributed by atoms with Crippen LogP contribution in [0.1, 0.15) is 18.1 Å². The van der Waals surface area contributed by atoms with Crippen LogP contribution in [0, 0.1) is 3.57 Å². The summed E-state index contributed by atoms with van der Waals surface area (Å²) in [5.74, 6) is 1.99. The maximum atomic E-state index is 11.9. The number of amides is 1. The van der Waals surface area contributed by atoms with Crippen molar-refractivity contribution < 1.29 is 24.1 Å². The van der Waals surface area contributed by atoms with Gasteiger partial charge in [0.1, 0.15) is 12.1 Å². The van der Waals surface area contributed by atoms with E-state index < -0.39 is 6.09 Å². The first-order valence-corrected chi connectivity index (χ1v) is 11.8. The molecule has 182 valence electrons. The Labute approximate surface area is 215 Å². The molecule has 3 heterocycles. The average Bonchev–Trinajstić information content (AvgIpc) is 3.20. The molecule has 0 fully saturated rings. The zero-order valence-electron chi connectivity index (χ0n) is 19.4. The van der Waals surface area contributed by atoms with Crippen molar-refractivity contribution in [1.29, 1.82) is 0 Å². The molecule has 1 aromatic carbocycles. The van der Waals surface area contributed by atoms with Crippen LogP contribution in [0.15, 0.2) is 48.8 Å². The molecule has 11 heteroatoms. The predicted molar refractivity (Wildman–Crippen MR) is 139 cm³/mol. The van der Waals surface area contributed by atoms with E-state index in [-0.39, 0.29) is 6.54 Å². The molecule has 4 aromatic rings. The molecule has 3 aromatic heterocycles. The molecular formula is C24H24IN5O5. The highest BCUT2D eigenvalue weighted by Gasteiger charge is 2.22. The van der Waals surface area contributed by atoms with E-state index in [4.69, 9.17) is 14.2 Å². The standard InChI is InChI=1S/C24H24IN5O5/c1-4-29(24(31)32)23-28-18-10-17(25)12-27-22(18)30(23)13-15-5-7-19(20(9-15)33-2)35-14-16-6-8-21(34-3)26-11-16/h5-12H,4,13-14H2,1-3H3,(H,31,32). The van der Waals surface area contributed by atoms with Crippen molar-refractivity contribution in [3.63, 3.8) is 0 Å². The molecule has 4 rings (SSSR count). The molecule has 0 atom stereocenters. The lowest BCUT2D eigenvalue weighted by Gasteiger charge is -2.18. The third kappa shape index (κ3) is 5.39. The SMILES string of the molecule is CCN(C(=O)O)c1nc2cc(I)cnc2n1Cc1ccc(OCc2ccc(OC)nc2)c(OC)c1. The van der Waals surface area contributed by atoms with Gasteiger partial charge in [-0.2, -0.15) is 0 Å². The number of ether oxygens (including phenoxy) is 3. The summed E-state index contributed by atoms with van der Waals surface area (Å²) in [4.78, 5) is 26.3. The molecule has 0 aliphatic rings. The second kappa shape index (κ2) is 10.8. The highest BCUT2D eigenvalue weighted by molar-refractivity contribution is 14.1. The summed E-state index contributed by atoms with van der Waals surface area (Å²) in [6.07, 6.45) is 2.35. The lowest BCUT2D eigenvalue weighted by atomic mass is 10.2. The van der Waals surface area contributed by atoms with Gasteiger partial charge in [0.15, 0.2) is 17.1 Å². The fourth-order valence-corrected chi connectivity index (χ4v) is 4.01. The monoisotopic (exact) mass is 589 g/mol. The van der Waals surface area contributed by atoms with Crippen LogP contribution in [-0.2, 0) is 13.2 Å². The number of anilines is 1. The van der Waals surface area contributed by atoms with E-state index in [1.807, 2.05) is 30.3 Å². The lowest BCUT2D eigenvalue weighted by molar-refractivity contribution is 0.201. The third-order valence-corrected chi connectivity index (χ3v) is 5.88. The van der Waals surface area contributed by atoms with Gasteiger partial charge in [-0.3, -0.25) is 4.57 Å². The van der Waals surface area contributed by atoms with Gasteiger partial charge in [-0.15, -0.1) is 0 Å². The van der Waals surface area contributed by atoms with Crippen molar-refractivity contribution in [2.75, 3.05) is 25.7 Å². The number of hydrogen-bond donors (Lipinski definition) is 1. The van der Waals surface area contributed by atoms with Crippen molar-refractivity contribution in [1.82, 2.24) is 19.5 Å². The minimum Gasteiger partial charge on any atom is -0.493 e. The normalized spacial score (nSPS) is 10.9. The number of aromatic nitrogens is 4. The molecule has 0 unspecified atom stereocenters. The number of methoxy groups -OCH3 is 2. The molecule has 10 nitrogen and oxygen atoms in total. The third-order valence-electron chi connectivity index (χ3n) is 5.29. The van der Waals surface area contributed by atoms with Gasteiger partial charge < -0.3 is 19.3 Å². The smallest absolute Gasteiger partial charge is 0.414 e. The molecule has 1 amide bonds. The minimum absolute atomic E-state index is 0.256. The number of pyridine rings is 2. The second-order valence-electron chi connectivity index (χ2n) is 7.50. The van der Waals surface area contributed by atoms with E-state index in [9.17, 15) is 9.90 Å². The number of imidazole rings is 1. The molecule has 0 radical (unpaired) electrons. The molecule has 0 aliphatic carbocycles. The first-order chi connectivity index (χ1) is 16.9. The van der Waals surface area contributed by atoms with E-state index in [1.165, 1.54) is 4.90 Å². The number of carbonyl (C=O) groups is 1. The van der Waals surface area contributed by atoms with Crippen LogP contribution in [0.5, 0.6) is 17.4 Å². The average molecular weight is 589 g/mol. The Morgan fingerprint density at radius 1 is 1.06 bits per heavy atom. The summed E-state index contributed by atoms with van der Waals surface area (Å²) >= 11 is 2.16. The van der Waals surface area contributed by atoms with E-state index in [0.717, 1.165) is 14.7 Å². The summed E-state index contributed by atoms with van der Waals surface area (Å²) in [5, 5.41) is 9.70. The van der Waals surface area contributed by atoms with Crippen LogP contribution >= 0.6 is 22.6 Å². The van der Waals surface area contributed by atoms with Crippen molar-refractivity contribution in [3.05, 3.63) is 63.5 Å². The Balaban J connectivity index is 1.62. The Kier molecular flexibility index (Phi) is 7.54. The minimum atomic E-state index is -1.08. The van der Waals surface area contributed by atoms with Gasteiger partial charge in [-0.1, -0.05) is 6.07 Å². The van der Waals surface area contributed by atoms with Crippen LogP contribution in [-0.4, -0.2) is 51.5 Å². The number of nitrogens with zero attached hydrogens (tertiary/aromatic N) is 5. The Bertz CT molecular complexity index is 1340. The van der Waals surface area contributed by atoms with Crippen molar-refractivity contribution in [3.8, 4) is 17.4 Å². The Morgan fingerprint density at radius 3 is 2.51 bits per heavy atom. The molecule has 0 bridgehead atoms. The Morgan fingerprint density at radius 2 is 1.86 bits per heavy atom. The number of hydrogen-bond acceptors (Lipinski definition) is 7.